The first kappa shape index (κ1) is 12.7. The van der Waals surface area contributed by atoms with E-state index in [9.17, 15) is 0 Å². The van der Waals surface area contributed by atoms with Gasteiger partial charge in [-0.3, -0.25) is 0 Å². The molecule has 0 atom stereocenters. The molecule has 0 aliphatic heterocycles. The summed E-state index contributed by atoms with van der Waals surface area (Å²) < 4.78 is 0. The minimum absolute atomic E-state index is 0.0345. The van der Waals surface area contributed by atoms with Crippen molar-refractivity contribution in [2.24, 2.45) is 0 Å². The van der Waals surface area contributed by atoms with Crippen molar-refractivity contribution < 1.29 is 0 Å². The predicted octanol–water partition coefficient (Wildman–Crippen LogP) is 2.67. The van der Waals surface area contributed by atoms with Gasteiger partial charge in [-0.05, 0) is 34.1 Å². The molecule has 4 heteroatoms. The first-order valence-corrected chi connectivity index (χ1v) is 5.74. The molecule has 0 aliphatic carbocycles. The summed E-state index contributed by atoms with van der Waals surface area (Å²) in [5.41, 5.74) is 6.78. The van der Waals surface area contributed by atoms with Gasteiger partial charge in [0, 0.05) is 11.1 Å². The summed E-state index contributed by atoms with van der Waals surface area (Å²) >= 11 is 0. The van der Waals surface area contributed by atoms with Gasteiger partial charge >= 0.3 is 0 Å². The highest BCUT2D eigenvalue weighted by atomic mass is 15.1. The Bertz CT molecular complexity index is 372. The summed E-state index contributed by atoms with van der Waals surface area (Å²) in [6.45, 7) is 10.3. The van der Waals surface area contributed by atoms with Crippen LogP contribution in [0.1, 0.15) is 45.0 Å². The fourth-order valence-electron chi connectivity index (χ4n) is 1.78. The third-order valence-electron chi connectivity index (χ3n) is 2.63. The Balaban J connectivity index is 2.97. The van der Waals surface area contributed by atoms with Crippen molar-refractivity contribution in [3.05, 3.63) is 11.4 Å². The smallest absolute Gasteiger partial charge is 0.135 e. The maximum absolute atomic E-state index is 5.82. The van der Waals surface area contributed by atoms with Crippen LogP contribution in [0.15, 0.2) is 0 Å². The van der Waals surface area contributed by atoms with Crippen LogP contribution in [-0.4, -0.2) is 15.5 Å². The van der Waals surface area contributed by atoms with Crippen molar-refractivity contribution in [3.63, 3.8) is 0 Å². The highest BCUT2D eigenvalue weighted by Gasteiger charge is 2.18. The van der Waals surface area contributed by atoms with Gasteiger partial charge < -0.3 is 11.1 Å². The van der Waals surface area contributed by atoms with Crippen LogP contribution in [0.5, 0.6) is 0 Å². The van der Waals surface area contributed by atoms with E-state index >= 15 is 0 Å². The van der Waals surface area contributed by atoms with E-state index < -0.39 is 0 Å². The molecule has 0 radical (unpaired) electrons. The number of anilines is 2. The SMILES string of the molecule is CCCC(C)(C)Nc1nc(C)nc(N)c1C. The van der Waals surface area contributed by atoms with Crippen molar-refractivity contribution in [2.45, 2.75) is 53.0 Å². The maximum atomic E-state index is 5.82. The monoisotopic (exact) mass is 222 g/mol. The van der Waals surface area contributed by atoms with E-state index in [-0.39, 0.29) is 5.54 Å². The molecule has 1 aromatic rings. The van der Waals surface area contributed by atoms with Crippen molar-refractivity contribution in [1.29, 1.82) is 0 Å². The van der Waals surface area contributed by atoms with E-state index in [4.69, 9.17) is 5.73 Å². The predicted molar refractivity (Wildman–Crippen MR) is 68.5 cm³/mol. The second kappa shape index (κ2) is 4.68. The Labute approximate surface area is 97.7 Å². The molecule has 0 bridgehead atoms. The molecule has 4 nitrogen and oxygen atoms in total. The Hall–Kier alpha value is -1.32. The number of nitrogen functional groups attached to an aromatic ring is 1. The molecule has 0 unspecified atom stereocenters. The van der Waals surface area contributed by atoms with Gasteiger partial charge in [-0.15, -0.1) is 0 Å². The molecule has 1 aromatic heterocycles. The summed E-state index contributed by atoms with van der Waals surface area (Å²) in [6.07, 6.45) is 2.23. The normalized spacial score (nSPS) is 11.6. The molecule has 0 aromatic carbocycles. The van der Waals surface area contributed by atoms with Crippen molar-refractivity contribution >= 4 is 11.6 Å². The van der Waals surface area contributed by atoms with Gasteiger partial charge in [-0.2, -0.15) is 0 Å². The van der Waals surface area contributed by atoms with E-state index in [1.807, 2.05) is 13.8 Å². The van der Waals surface area contributed by atoms with Crippen LogP contribution in [0.4, 0.5) is 11.6 Å². The third kappa shape index (κ3) is 3.08. The molecule has 0 spiro atoms. The number of nitrogens with zero attached hydrogens (tertiary/aromatic N) is 2. The van der Waals surface area contributed by atoms with Crippen LogP contribution >= 0.6 is 0 Å². The Morgan fingerprint density at radius 1 is 1.25 bits per heavy atom. The van der Waals surface area contributed by atoms with Crippen LogP contribution in [0, 0.1) is 13.8 Å². The Morgan fingerprint density at radius 3 is 2.44 bits per heavy atom. The summed E-state index contributed by atoms with van der Waals surface area (Å²) in [7, 11) is 0. The molecule has 1 rings (SSSR count). The van der Waals surface area contributed by atoms with Gasteiger partial charge in [0.1, 0.15) is 17.5 Å². The number of aryl methyl sites for hydroxylation is 1. The van der Waals surface area contributed by atoms with Crippen LogP contribution in [0.2, 0.25) is 0 Å². The highest BCUT2D eigenvalue weighted by molar-refractivity contribution is 5.55. The van der Waals surface area contributed by atoms with Gasteiger partial charge in [0.05, 0.1) is 0 Å². The summed E-state index contributed by atoms with van der Waals surface area (Å²) in [6, 6.07) is 0. The highest BCUT2D eigenvalue weighted by Crippen LogP contribution is 2.23. The molecule has 16 heavy (non-hydrogen) atoms. The van der Waals surface area contributed by atoms with Crippen molar-refractivity contribution in [3.8, 4) is 0 Å². The van der Waals surface area contributed by atoms with E-state index in [0.29, 0.717) is 11.6 Å². The first-order valence-electron chi connectivity index (χ1n) is 5.74. The van der Waals surface area contributed by atoms with E-state index in [1.54, 1.807) is 0 Å². The van der Waals surface area contributed by atoms with Gasteiger partial charge in [-0.25, -0.2) is 9.97 Å². The quantitative estimate of drug-likeness (QED) is 0.822. The zero-order valence-electron chi connectivity index (χ0n) is 10.9. The number of nitrogens with two attached hydrogens (primary N) is 1. The molecule has 0 fully saturated rings. The molecule has 0 aliphatic rings. The first-order chi connectivity index (χ1) is 7.35. The summed E-state index contributed by atoms with van der Waals surface area (Å²) in [5, 5.41) is 3.44. The topological polar surface area (TPSA) is 63.8 Å². The standard InChI is InChI=1S/C12H22N4/c1-6-7-12(4,5)16-11-8(2)10(13)14-9(3)15-11/h6-7H2,1-5H3,(H3,13,14,15,16). The molecular formula is C12H22N4. The molecule has 3 N–H and O–H groups in total. The zero-order valence-corrected chi connectivity index (χ0v) is 10.9. The number of hydrogen-bond acceptors (Lipinski definition) is 4. The number of nitrogens with one attached hydrogen (secondary N) is 1. The largest absolute Gasteiger partial charge is 0.383 e. The third-order valence-corrected chi connectivity index (χ3v) is 2.63. The van der Waals surface area contributed by atoms with Crippen LogP contribution in [-0.2, 0) is 0 Å². The second-order valence-electron chi connectivity index (χ2n) is 4.89. The van der Waals surface area contributed by atoms with Crippen LogP contribution < -0.4 is 11.1 Å². The fraction of sp³-hybridized carbons (Fsp3) is 0.667. The van der Waals surface area contributed by atoms with E-state index in [0.717, 1.165) is 24.2 Å². The van der Waals surface area contributed by atoms with Crippen LogP contribution in [0.25, 0.3) is 0 Å². The Morgan fingerprint density at radius 2 is 1.88 bits per heavy atom. The lowest BCUT2D eigenvalue weighted by molar-refractivity contribution is 0.508. The van der Waals surface area contributed by atoms with Crippen molar-refractivity contribution in [2.75, 3.05) is 11.1 Å². The lowest BCUT2D eigenvalue weighted by atomic mass is 9.99. The van der Waals surface area contributed by atoms with E-state index in [2.05, 4.69) is 36.1 Å². The average Bonchev–Trinajstić information content (AvgIpc) is 2.12. The van der Waals surface area contributed by atoms with Crippen LogP contribution in [0.3, 0.4) is 0 Å². The molecule has 0 amide bonds. The summed E-state index contributed by atoms with van der Waals surface area (Å²) in [4.78, 5) is 8.54. The maximum Gasteiger partial charge on any atom is 0.135 e. The van der Waals surface area contributed by atoms with Gasteiger partial charge in [0.15, 0.2) is 0 Å². The second-order valence-corrected chi connectivity index (χ2v) is 4.89. The minimum atomic E-state index is 0.0345. The number of rotatable bonds is 4. The minimum Gasteiger partial charge on any atom is -0.383 e. The summed E-state index contributed by atoms with van der Waals surface area (Å²) in [5.74, 6) is 2.11. The van der Waals surface area contributed by atoms with Gasteiger partial charge in [0.2, 0.25) is 0 Å². The van der Waals surface area contributed by atoms with Gasteiger partial charge in [-0.1, -0.05) is 13.3 Å². The molecule has 0 saturated heterocycles. The van der Waals surface area contributed by atoms with Gasteiger partial charge in [0.25, 0.3) is 0 Å². The number of hydrogen-bond donors (Lipinski definition) is 2. The molecule has 1 heterocycles. The lowest BCUT2D eigenvalue weighted by Crippen LogP contribution is -2.31. The molecular weight excluding hydrogens is 200 g/mol. The fourth-order valence-corrected chi connectivity index (χ4v) is 1.78. The molecule has 0 saturated carbocycles. The molecule has 90 valence electrons. The zero-order chi connectivity index (χ0) is 12.3. The average molecular weight is 222 g/mol. The lowest BCUT2D eigenvalue weighted by Gasteiger charge is -2.27. The van der Waals surface area contributed by atoms with E-state index in [1.165, 1.54) is 0 Å². The number of aromatic nitrogens is 2. The Kier molecular flexibility index (Phi) is 3.73. The van der Waals surface area contributed by atoms with Crippen molar-refractivity contribution in [1.82, 2.24) is 9.97 Å².